The maximum Gasteiger partial charge on any atom is 0.411 e. The maximum absolute atomic E-state index is 12.5. The van der Waals surface area contributed by atoms with Gasteiger partial charge < -0.3 is 14.8 Å². The van der Waals surface area contributed by atoms with E-state index >= 15 is 0 Å². The summed E-state index contributed by atoms with van der Waals surface area (Å²) in [6.07, 6.45) is 6.74. The Labute approximate surface area is 258 Å². The van der Waals surface area contributed by atoms with Crippen molar-refractivity contribution in [2.45, 2.75) is 71.5 Å². The molecule has 2 N–H and O–H groups in total. The van der Waals surface area contributed by atoms with Gasteiger partial charge in [-0.05, 0) is 77.1 Å². The third-order valence-corrected chi connectivity index (χ3v) is 8.79. The van der Waals surface area contributed by atoms with Crippen molar-refractivity contribution in [1.29, 1.82) is 0 Å². The Balaban J connectivity index is 1.11. The Hall–Kier alpha value is -3.28. The lowest BCUT2D eigenvalue weighted by Crippen LogP contribution is -2.49. The lowest BCUT2D eigenvalue weighted by Gasteiger charge is -2.34. The average molecular weight is 609 g/mol. The Morgan fingerprint density at radius 3 is 2.51 bits per heavy atom. The smallest absolute Gasteiger partial charge is 0.411 e. The van der Waals surface area contributed by atoms with Crippen molar-refractivity contribution in [2.75, 3.05) is 56.4 Å². The number of aromatic nitrogens is 2. The lowest BCUT2D eigenvalue weighted by molar-refractivity contribution is -0.156. The first kappa shape index (κ1) is 31.2. The van der Waals surface area contributed by atoms with Crippen molar-refractivity contribution in [3.8, 4) is 11.1 Å². The maximum atomic E-state index is 12.5. The van der Waals surface area contributed by atoms with E-state index in [1.54, 1.807) is 11.3 Å². The summed E-state index contributed by atoms with van der Waals surface area (Å²) in [4.78, 5) is 38.5. The van der Waals surface area contributed by atoms with E-state index in [0.717, 1.165) is 97.1 Å². The van der Waals surface area contributed by atoms with E-state index in [1.807, 2.05) is 52.1 Å². The monoisotopic (exact) mass is 608 g/mol. The summed E-state index contributed by atoms with van der Waals surface area (Å²) in [5, 5.41) is 7.29. The number of piperazine rings is 1. The van der Waals surface area contributed by atoms with Gasteiger partial charge in [0.15, 0.2) is 5.13 Å². The first-order chi connectivity index (χ1) is 20.6. The van der Waals surface area contributed by atoms with Crippen LogP contribution in [0.15, 0.2) is 30.5 Å². The molecule has 2 aromatic heterocycles. The highest BCUT2D eigenvalue weighted by atomic mass is 32.1. The van der Waals surface area contributed by atoms with Gasteiger partial charge in [0.1, 0.15) is 11.7 Å². The van der Waals surface area contributed by atoms with Gasteiger partial charge in [-0.25, -0.2) is 9.78 Å². The van der Waals surface area contributed by atoms with Crippen LogP contribution in [0.1, 0.15) is 58.6 Å². The molecule has 0 unspecified atom stereocenters. The molecule has 1 saturated heterocycles. The molecule has 0 radical (unpaired) electrons. The van der Waals surface area contributed by atoms with Crippen molar-refractivity contribution < 1.29 is 19.1 Å². The predicted octanol–water partition coefficient (Wildman–Crippen LogP) is 5.92. The summed E-state index contributed by atoms with van der Waals surface area (Å²) >= 11 is 1.63. The van der Waals surface area contributed by atoms with Crippen molar-refractivity contribution in [2.24, 2.45) is 0 Å². The van der Waals surface area contributed by atoms with Crippen molar-refractivity contribution in [3.05, 3.63) is 36.2 Å². The molecule has 3 heterocycles. The van der Waals surface area contributed by atoms with E-state index in [4.69, 9.17) is 14.5 Å². The first-order valence-corrected chi connectivity index (χ1v) is 16.2. The van der Waals surface area contributed by atoms with Crippen LogP contribution in [0.3, 0.4) is 0 Å². The van der Waals surface area contributed by atoms with Crippen LogP contribution in [0.2, 0.25) is 0 Å². The molecular formula is C32H44N6O4S. The Morgan fingerprint density at radius 1 is 1.02 bits per heavy atom. The molecule has 5 rings (SSSR count). The fraction of sp³-hybridized carbons (Fsp3) is 0.562. The van der Waals surface area contributed by atoms with Crippen LogP contribution < -0.4 is 10.6 Å². The highest BCUT2D eigenvalue weighted by molar-refractivity contribution is 7.22. The number of nitrogens with one attached hydrogen (secondary N) is 2. The van der Waals surface area contributed by atoms with Crippen LogP contribution >= 0.6 is 11.3 Å². The number of rotatable bonds is 9. The molecule has 0 spiro atoms. The number of hydrogen-bond acceptors (Lipinski definition) is 10. The van der Waals surface area contributed by atoms with Gasteiger partial charge in [-0.1, -0.05) is 23.8 Å². The molecule has 0 atom stereocenters. The highest BCUT2D eigenvalue weighted by Crippen LogP contribution is 2.32. The molecule has 1 amide bonds. The van der Waals surface area contributed by atoms with E-state index in [0.29, 0.717) is 12.2 Å². The molecule has 2 fully saturated rings. The van der Waals surface area contributed by atoms with Gasteiger partial charge in [0.05, 0.1) is 28.1 Å². The van der Waals surface area contributed by atoms with Crippen molar-refractivity contribution in [3.63, 3.8) is 0 Å². The number of hydrogen-bond donors (Lipinski definition) is 2. The van der Waals surface area contributed by atoms with Crippen LogP contribution in [0.25, 0.3) is 21.3 Å². The number of thiazole rings is 1. The summed E-state index contributed by atoms with van der Waals surface area (Å²) < 4.78 is 12.2. The zero-order chi connectivity index (χ0) is 30.4. The summed E-state index contributed by atoms with van der Waals surface area (Å²) in [7, 11) is 0. The van der Waals surface area contributed by atoms with E-state index in [2.05, 4.69) is 31.5 Å². The molecule has 0 bridgehead atoms. The highest BCUT2D eigenvalue weighted by Gasteiger charge is 2.23. The molecular weight excluding hydrogens is 564 g/mol. The van der Waals surface area contributed by atoms with Crippen molar-refractivity contribution >= 4 is 44.4 Å². The molecule has 1 aromatic carbocycles. The zero-order valence-corrected chi connectivity index (χ0v) is 26.6. The molecule has 1 saturated carbocycles. The number of fused-ring (bicyclic) bond motifs is 1. The fourth-order valence-corrected chi connectivity index (χ4v) is 6.45. The Kier molecular flexibility index (Phi) is 10.1. The average Bonchev–Trinajstić information content (AvgIpc) is 3.37. The van der Waals surface area contributed by atoms with Gasteiger partial charge in [0.25, 0.3) is 0 Å². The zero-order valence-electron chi connectivity index (χ0n) is 25.8. The Bertz CT molecular complexity index is 1410. The molecule has 10 nitrogen and oxygen atoms in total. The van der Waals surface area contributed by atoms with Crippen LogP contribution in [0.5, 0.6) is 0 Å². The van der Waals surface area contributed by atoms with Gasteiger partial charge in [-0.3, -0.25) is 24.9 Å². The van der Waals surface area contributed by atoms with Gasteiger partial charge in [-0.2, -0.15) is 0 Å². The van der Waals surface area contributed by atoms with Crippen molar-refractivity contribution in [1.82, 2.24) is 19.8 Å². The minimum Gasteiger partial charge on any atom is -0.459 e. The van der Waals surface area contributed by atoms with Gasteiger partial charge in [-0.15, -0.1) is 0 Å². The molecule has 232 valence electrons. The summed E-state index contributed by atoms with van der Waals surface area (Å²) in [6.45, 7) is 13.2. The topological polar surface area (TPSA) is 109 Å². The van der Waals surface area contributed by atoms with E-state index in [-0.39, 0.29) is 12.1 Å². The fourth-order valence-electron chi connectivity index (χ4n) is 5.52. The molecule has 1 aliphatic heterocycles. The first-order valence-electron chi connectivity index (χ1n) is 15.4. The number of pyridine rings is 1. The second kappa shape index (κ2) is 14.0. The van der Waals surface area contributed by atoms with Gasteiger partial charge >= 0.3 is 12.1 Å². The number of nitrogens with zero attached hydrogens (tertiary/aromatic N) is 4. The van der Waals surface area contributed by atoms with E-state index < -0.39 is 11.7 Å². The molecule has 2 aliphatic rings. The minimum absolute atomic E-state index is 0.00257. The summed E-state index contributed by atoms with van der Waals surface area (Å²) in [6, 6.07) is 8.15. The van der Waals surface area contributed by atoms with Gasteiger partial charge in [0.2, 0.25) is 0 Å². The van der Waals surface area contributed by atoms with Crippen LogP contribution in [0.4, 0.5) is 15.6 Å². The number of carbonyl (C=O) groups excluding carboxylic acids is 2. The standard InChI is InChI=1S/C32H44N6O4S/c1-22-27(36-31(40)41-25-8-6-5-7-9-25)18-24(20-34-22)23-10-11-26-28(19-23)43-30(35-26)33-12-13-37-14-16-38(17-15-37)21-29(39)42-32(2,3)4/h10-11,18-20,25H,5-9,12-17,21H2,1-4H3,(H,33,35)(H,36,40). The number of aryl methyl sites for hydroxylation is 1. The largest absolute Gasteiger partial charge is 0.459 e. The molecule has 3 aromatic rings. The number of ether oxygens (including phenoxy) is 2. The lowest BCUT2D eigenvalue weighted by atomic mass is 9.98. The van der Waals surface area contributed by atoms with Crippen LogP contribution in [-0.2, 0) is 14.3 Å². The molecule has 1 aliphatic carbocycles. The predicted molar refractivity (Wildman–Crippen MR) is 172 cm³/mol. The number of anilines is 2. The number of amides is 1. The molecule has 43 heavy (non-hydrogen) atoms. The Morgan fingerprint density at radius 2 is 1.77 bits per heavy atom. The van der Waals surface area contributed by atoms with E-state index in [9.17, 15) is 9.59 Å². The SMILES string of the molecule is Cc1ncc(-c2ccc3nc(NCCN4CCN(CC(=O)OC(C)(C)C)CC4)sc3c2)cc1NC(=O)OC1CCCCC1. The molecule has 11 heteroatoms. The quantitative estimate of drug-likeness (QED) is 0.286. The second-order valence-corrected chi connectivity index (χ2v) is 13.5. The number of carbonyl (C=O) groups is 2. The van der Waals surface area contributed by atoms with Gasteiger partial charge in [0, 0.05) is 51.0 Å². The van der Waals surface area contributed by atoms with E-state index in [1.165, 1.54) is 6.42 Å². The second-order valence-electron chi connectivity index (χ2n) is 12.5. The summed E-state index contributed by atoms with van der Waals surface area (Å²) in [5.41, 5.74) is 3.85. The number of esters is 1. The number of benzene rings is 1. The minimum atomic E-state index is -0.448. The third-order valence-electron chi connectivity index (χ3n) is 7.81. The normalized spacial score (nSPS) is 17.1. The third kappa shape index (κ3) is 9.11. The summed E-state index contributed by atoms with van der Waals surface area (Å²) in [5.74, 6) is -0.160. The van der Waals surface area contributed by atoms with Crippen LogP contribution in [0, 0.1) is 6.92 Å². The van der Waals surface area contributed by atoms with Crippen LogP contribution in [-0.4, -0.2) is 89.3 Å².